The second kappa shape index (κ2) is 2.22. The van der Waals surface area contributed by atoms with Crippen molar-refractivity contribution in [1.82, 2.24) is 0 Å². The summed E-state index contributed by atoms with van der Waals surface area (Å²) in [5.74, 6) is 1.25. The second-order valence-corrected chi connectivity index (χ2v) is 4.16. The number of hydrogen-bond acceptors (Lipinski definition) is 3. The molecule has 0 saturated carbocycles. The Morgan fingerprint density at radius 1 is 0.833 bits per heavy atom. The summed E-state index contributed by atoms with van der Waals surface area (Å²) in [6.45, 7) is 4.95. The fourth-order valence-corrected chi connectivity index (χ4v) is 2.73. The minimum atomic E-state index is 0.223. The minimum Gasteiger partial charge on any atom is -0.369 e. The van der Waals surface area contributed by atoms with Gasteiger partial charge in [0.15, 0.2) is 0 Å². The zero-order valence-electron chi connectivity index (χ0n) is 7.40. The molecule has 2 bridgehead atoms. The molecule has 3 saturated heterocycles. The molecule has 3 heteroatoms. The molecule has 0 spiro atoms. The fraction of sp³-hybridized carbons (Fsp3) is 1.00. The predicted molar refractivity (Wildman–Crippen MR) is 41.6 cm³/mol. The van der Waals surface area contributed by atoms with Crippen LogP contribution in [0.1, 0.15) is 13.8 Å². The zero-order valence-corrected chi connectivity index (χ0v) is 7.40. The Labute approximate surface area is 72.0 Å². The Morgan fingerprint density at radius 3 is 1.83 bits per heavy atom. The molecule has 3 rings (SSSR count). The average molecular weight is 170 g/mol. The van der Waals surface area contributed by atoms with E-state index in [9.17, 15) is 0 Å². The molecular weight excluding hydrogens is 156 g/mol. The molecule has 3 aliphatic rings. The predicted octanol–water partition coefficient (Wildman–Crippen LogP) is 0.781. The maximum Gasteiger partial charge on any atom is 0.148 e. The molecule has 0 N–H and O–H groups in total. The largest absolute Gasteiger partial charge is 0.369 e. The molecule has 0 aromatic rings. The van der Waals surface area contributed by atoms with E-state index in [1.165, 1.54) is 0 Å². The third kappa shape index (κ3) is 0.679. The molecule has 0 radical (unpaired) electrons. The Hall–Kier alpha value is -0.120. The van der Waals surface area contributed by atoms with Crippen LogP contribution in [0.25, 0.3) is 0 Å². The maximum atomic E-state index is 5.81. The molecule has 6 atom stereocenters. The highest BCUT2D eigenvalue weighted by atomic mass is 16.7. The van der Waals surface area contributed by atoms with Gasteiger partial charge in [-0.2, -0.15) is 0 Å². The number of fused-ring (bicyclic) bond motifs is 5. The van der Waals surface area contributed by atoms with Crippen LogP contribution in [-0.4, -0.2) is 31.2 Å². The van der Waals surface area contributed by atoms with Crippen LogP contribution in [0.2, 0.25) is 0 Å². The summed E-state index contributed by atoms with van der Waals surface area (Å²) in [7, 11) is 0. The van der Waals surface area contributed by atoms with Gasteiger partial charge in [-0.25, -0.2) is 0 Å². The summed E-state index contributed by atoms with van der Waals surface area (Å²) < 4.78 is 16.8. The van der Waals surface area contributed by atoms with Crippen LogP contribution in [0, 0.1) is 11.8 Å². The highest BCUT2D eigenvalue weighted by molar-refractivity contribution is 5.06. The van der Waals surface area contributed by atoms with Gasteiger partial charge < -0.3 is 14.2 Å². The van der Waals surface area contributed by atoms with E-state index in [2.05, 4.69) is 13.8 Å². The van der Waals surface area contributed by atoms with Crippen LogP contribution >= 0.6 is 0 Å². The monoisotopic (exact) mass is 170 g/mol. The number of hydrogen-bond donors (Lipinski definition) is 0. The smallest absolute Gasteiger partial charge is 0.148 e. The van der Waals surface area contributed by atoms with E-state index in [1.807, 2.05) is 0 Å². The molecule has 3 aliphatic heterocycles. The third-order valence-corrected chi connectivity index (χ3v) is 3.67. The summed E-state index contributed by atoms with van der Waals surface area (Å²) >= 11 is 0. The topological polar surface area (TPSA) is 27.7 Å². The van der Waals surface area contributed by atoms with Gasteiger partial charge in [0.1, 0.15) is 19.0 Å². The van der Waals surface area contributed by atoms with Gasteiger partial charge in [0, 0.05) is 0 Å². The van der Waals surface area contributed by atoms with E-state index in [0.29, 0.717) is 18.6 Å². The SMILES string of the molecule is CC1C(C)C2OC1C1OCOC21. The van der Waals surface area contributed by atoms with E-state index in [0.717, 1.165) is 0 Å². The second-order valence-electron chi connectivity index (χ2n) is 4.16. The van der Waals surface area contributed by atoms with Crippen molar-refractivity contribution in [2.75, 3.05) is 6.79 Å². The summed E-state index contributed by atoms with van der Waals surface area (Å²) in [5, 5.41) is 0. The quantitative estimate of drug-likeness (QED) is 0.537. The van der Waals surface area contributed by atoms with Gasteiger partial charge in [0.2, 0.25) is 0 Å². The van der Waals surface area contributed by atoms with Crippen molar-refractivity contribution in [2.24, 2.45) is 11.8 Å². The minimum absolute atomic E-state index is 0.223. The third-order valence-electron chi connectivity index (χ3n) is 3.67. The van der Waals surface area contributed by atoms with Crippen LogP contribution in [-0.2, 0) is 14.2 Å². The summed E-state index contributed by atoms with van der Waals surface area (Å²) in [4.78, 5) is 0. The van der Waals surface area contributed by atoms with Crippen LogP contribution in [0.3, 0.4) is 0 Å². The first kappa shape index (κ1) is 7.30. The van der Waals surface area contributed by atoms with Gasteiger partial charge in [-0.05, 0) is 11.8 Å². The van der Waals surface area contributed by atoms with Gasteiger partial charge in [0.05, 0.1) is 12.2 Å². The zero-order chi connectivity index (χ0) is 8.29. The van der Waals surface area contributed by atoms with Crippen molar-refractivity contribution in [3.63, 3.8) is 0 Å². The molecule has 0 aromatic carbocycles. The normalized spacial score (nSPS) is 62.5. The summed E-state index contributed by atoms with van der Waals surface area (Å²) in [6.07, 6.45) is 1.03. The lowest BCUT2D eigenvalue weighted by molar-refractivity contribution is -0.0515. The fourth-order valence-electron chi connectivity index (χ4n) is 2.73. The van der Waals surface area contributed by atoms with Crippen LogP contribution in [0.4, 0.5) is 0 Å². The first-order valence-electron chi connectivity index (χ1n) is 4.67. The highest BCUT2D eigenvalue weighted by Gasteiger charge is 2.59. The van der Waals surface area contributed by atoms with E-state index in [4.69, 9.17) is 14.2 Å². The average Bonchev–Trinajstić information content (AvgIpc) is 2.63. The van der Waals surface area contributed by atoms with Crippen molar-refractivity contribution in [2.45, 2.75) is 38.3 Å². The summed E-state index contributed by atoms with van der Waals surface area (Å²) in [5.41, 5.74) is 0. The molecule has 0 aromatic heterocycles. The van der Waals surface area contributed by atoms with Crippen LogP contribution in [0.15, 0.2) is 0 Å². The van der Waals surface area contributed by atoms with Crippen molar-refractivity contribution < 1.29 is 14.2 Å². The first-order valence-corrected chi connectivity index (χ1v) is 4.67. The molecular formula is C9H14O3. The molecule has 0 aliphatic carbocycles. The first-order chi connectivity index (χ1) is 5.79. The lowest BCUT2D eigenvalue weighted by Crippen LogP contribution is -2.42. The molecule has 3 nitrogen and oxygen atoms in total. The van der Waals surface area contributed by atoms with E-state index < -0.39 is 0 Å². The van der Waals surface area contributed by atoms with Crippen LogP contribution < -0.4 is 0 Å². The van der Waals surface area contributed by atoms with Gasteiger partial charge >= 0.3 is 0 Å². The molecule has 0 amide bonds. The Balaban J connectivity index is 1.92. The van der Waals surface area contributed by atoms with Crippen molar-refractivity contribution in [3.8, 4) is 0 Å². The Morgan fingerprint density at radius 2 is 1.33 bits per heavy atom. The maximum absolute atomic E-state index is 5.81. The van der Waals surface area contributed by atoms with Crippen LogP contribution in [0.5, 0.6) is 0 Å². The molecule has 6 unspecified atom stereocenters. The van der Waals surface area contributed by atoms with Crippen molar-refractivity contribution in [1.29, 1.82) is 0 Å². The van der Waals surface area contributed by atoms with E-state index in [-0.39, 0.29) is 24.4 Å². The highest BCUT2D eigenvalue weighted by Crippen LogP contribution is 2.47. The van der Waals surface area contributed by atoms with Gasteiger partial charge in [-0.3, -0.25) is 0 Å². The van der Waals surface area contributed by atoms with Crippen molar-refractivity contribution in [3.05, 3.63) is 0 Å². The van der Waals surface area contributed by atoms with Gasteiger partial charge in [0.25, 0.3) is 0 Å². The number of ether oxygens (including phenoxy) is 3. The Bertz CT molecular complexity index is 186. The van der Waals surface area contributed by atoms with Crippen molar-refractivity contribution >= 4 is 0 Å². The molecule has 3 fully saturated rings. The van der Waals surface area contributed by atoms with Gasteiger partial charge in [-0.15, -0.1) is 0 Å². The lowest BCUT2D eigenvalue weighted by atomic mass is 9.79. The number of rotatable bonds is 0. The standard InChI is InChI=1S/C9H14O3/c1-4-5(2)7-9-8(6(4)12-7)10-3-11-9/h4-9H,3H2,1-2H3. The molecule has 12 heavy (non-hydrogen) atoms. The van der Waals surface area contributed by atoms with E-state index in [1.54, 1.807) is 0 Å². The molecule has 3 heterocycles. The molecule has 68 valence electrons. The van der Waals surface area contributed by atoms with Gasteiger partial charge in [-0.1, -0.05) is 13.8 Å². The summed E-state index contributed by atoms with van der Waals surface area (Å²) in [6, 6.07) is 0. The lowest BCUT2D eigenvalue weighted by Gasteiger charge is -2.28. The Kier molecular flexibility index (Phi) is 1.35. The van der Waals surface area contributed by atoms with E-state index >= 15 is 0 Å².